The second-order valence-electron chi connectivity index (χ2n) is 5.77. The van der Waals surface area contributed by atoms with Crippen LogP contribution in [0.15, 0.2) is 36.5 Å². The predicted octanol–water partition coefficient (Wildman–Crippen LogP) is 3.91. The smallest absolute Gasteiger partial charge is 0.274 e. The number of pyridine rings is 1. The van der Waals surface area contributed by atoms with E-state index in [9.17, 15) is 4.79 Å². The number of carbonyl (C=O) groups is 1. The predicted molar refractivity (Wildman–Crippen MR) is 95.0 cm³/mol. The van der Waals surface area contributed by atoms with Crippen molar-refractivity contribution in [3.63, 3.8) is 0 Å². The standard InChI is InChI=1S/C19H21N3O2/c1-5-24-15-10-7-11-22-17(14(4)20-18(15)22)19(23)21-16-12(2)8-6-9-13(16)3/h6-11H,5H2,1-4H3,(H,21,23). The zero-order chi connectivity index (χ0) is 17.3. The number of anilines is 1. The molecule has 0 fully saturated rings. The molecule has 3 rings (SSSR count). The van der Waals surface area contributed by atoms with E-state index in [-0.39, 0.29) is 5.91 Å². The lowest BCUT2D eigenvalue weighted by atomic mass is 10.1. The molecule has 24 heavy (non-hydrogen) atoms. The number of hydrogen-bond donors (Lipinski definition) is 1. The SMILES string of the molecule is CCOc1cccn2c(C(=O)Nc3c(C)cccc3C)c(C)nc12. The van der Waals surface area contributed by atoms with Crippen LogP contribution in [-0.4, -0.2) is 21.9 Å². The molecule has 1 N–H and O–H groups in total. The van der Waals surface area contributed by atoms with Crippen LogP contribution in [0.2, 0.25) is 0 Å². The van der Waals surface area contributed by atoms with E-state index in [1.165, 1.54) is 0 Å². The van der Waals surface area contributed by atoms with Gasteiger partial charge in [-0.1, -0.05) is 18.2 Å². The molecular weight excluding hydrogens is 302 g/mol. The molecule has 124 valence electrons. The van der Waals surface area contributed by atoms with Crippen molar-refractivity contribution in [2.24, 2.45) is 0 Å². The fourth-order valence-corrected chi connectivity index (χ4v) is 2.88. The van der Waals surface area contributed by atoms with Crippen molar-refractivity contribution in [3.8, 4) is 5.75 Å². The van der Waals surface area contributed by atoms with Gasteiger partial charge >= 0.3 is 0 Å². The summed E-state index contributed by atoms with van der Waals surface area (Å²) in [7, 11) is 0. The van der Waals surface area contributed by atoms with Gasteiger partial charge in [0.05, 0.1) is 12.3 Å². The van der Waals surface area contributed by atoms with Crippen LogP contribution in [0.3, 0.4) is 0 Å². The van der Waals surface area contributed by atoms with Gasteiger partial charge in [0, 0.05) is 11.9 Å². The minimum absolute atomic E-state index is 0.175. The van der Waals surface area contributed by atoms with E-state index in [0.717, 1.165) is 16.8 Å². The highest BCUT2D eigenvalue weighted by atomic mass is 16.5. The van der Waals surface area contributed by atoms with Gasteiger partial charge in [-0.15, -0.1) is 0 Å². The van der Waals surface area contributed by atoms with E-state index in [2.05, 4.69) is 10.3 Å². The third kappa shape index (κ3) is 2.73. The van der Waals surface area contributed by atoms with Gasteiger partial charge in [0.15, 0.2) is 11.4 Å². The van der Waals surface area contributed by atoms with Crippen molar-refractivity contribution in [2.75, 3.05) is 11.9 Å². The van der Waals surface area contributed by atoms with Crippen LogP contribution < -0.4 is 10.1 Å². The van der Waals surface area contributed by atoms with Crippen molar-refractivity contribution >= 4 is 17.2 Å². The minimum Gasteiger partial charge on any atom is -0.490 e. The normalized spacial score (nSPS) is 10.8. The molecule has 0 bridgehead atoms. The highest BCUT2D eigenvalue weighted by Crippen LogP contribution is 2.24. The molecular formula is C19H21N3O2. The molecule has 1 aromatic carbocycles. The summed E-state index contributed by atoms with van der Waals surface area (Å²) in [5.41, 5.74) is 4.76. The summed E-state index contributed by atoms with van der Waals surface area (Å²) in [5, 5.41) is 3.02. The number of benzene rings is 1. The van der Waals surface area contributed by atoms with Crippen molar-refractivity contribution in [3.05, 3.63) is 59.0 Å². The van der Waals surface area contributed by atoms with E-state index in [4.69, 9.17) is 4.74 Å². The highest BCUT2D eigenvalue weighted by molar-refractivity contribution is 6.05. The summed E-state index contributed by atoms with van der Waals surface area (Å²) in [6.45, 7) is 8.28. The van der Waals surface area contributed by atoms with Crippen LogP contribution in [0.4, 0.5) is 5.69 Å². The van der Waals surface area contributed by atoms with Crippen LogP contribution in [0, 0.1) is 20.8 Å². The van der Waals surface area contributed by atoms with Gasteiger partial charge in [0.25, 0.3) is 5.91 Å². The largest absolute Gasteiger partial charge is 0.490 e. The second-order valence-corrected chi connectivity index (χ2v) is 5.77. The molecule has 0 saturated carbocycles. The van der Waals surface area contributed by atoms with E-state index >= 15 is 0 Å². The maximum absolute atomic E-state index is 12.9. The molecule has 0 unspecified atom stereocenters. The Kier molecular flexibility index (Phi) is 4.25. The zero-order valence-electron chi connectivity index (χ0n) is 14.4. The molecule has 5 nitrogen and oxygen atoms in total. The maximum Gasteiger partial charge on any atom is 0.274 e. The number of nitrogens with zero attached hydrogens (tertiary/aromatic N) is 2. The van der Waals surface area contributed by atoms with Gasteiger partial charge < -0.3 is 10.1 Å². The summed E-state index contributed by atoms with van der Waals surface area (Å²) in [4.78, 5) is 17.4. The van der Waals surface area contributed by atoms with Crippen LogP contribution >= 0.6 is 0 Å². The fourth-order valence-electron chi connectivity index (χ4n) is 2.88. The lowest BCUT2D eigenvalue weighted by Crippen LogP contribution is -2.17. The first kappa shape index (κ1) is 16.1. The van der Waals surface area contributed by atoms with E-state index in [0.29, 0.717) is 29.4 Å². The Balaban J connectivity index is 2.04. The first-order valence-corrected chi connectivity index (χ1v) is 8.01. The van der Waals surface area contributed by atoms with Crippen molar-refractivity contribution in [1.82, 2.24) is 9.38 Å². The second kappa shape index (κ2) is 6.35. The number of para-hydroxylation sites is 1. The molecule has 2 aromatic heterocycles. The van der Waals surface area contributed by atoms with E-state index in [1.807, 2.05) is 64.2 Å². The average molecular weight is 323 g/mol. The van der Waals surface area contributed by atoms with Crippen LogP contribution in [0.25, 0.3) is 5.65 Å². The molecule has 0 saturated heterocycles. The number of hydrogen-bond acceptors (Lipinski definition) is 3. The number of fused-ring (bicyclic) bond motifs is 1. The first-order chi connectivity index (χ1) is 11.5. The number of aryl methyl sites for hydroxylation is 3. The lowest BCUT2D eigenvalue weighted by molar-refractivity contribution is 0.102. The van der Waals surface area contributed by atoms with Crippen molar-refractivity contribution < 1.29 is 9.53 Å². The van der Waals surface area contributed by atoms with Gasteiger partial charge in [-0.25, -0.2) is 4.98 Å². The molecule has 1 amide bonds. The zero-order valence-corrected chi connectivity index (χ0v) is 14.4. The maximum atomic E-state index is 12.9. The van der Waals surface area contributed by atoms with Gasteiger partial charge in [0.2, 0.25) is 0 Å². The fraction of sp³-hybridized carbons (Fsp3) is 0.263. The van der Waals surface area contributed by atoms with Crippen LogP contribution in [0.5, 0.6) is 5.75 Å². The Hall–Kier alpha value is -2.82. The molecule has 0 aliphatic rings. The number of aromatic nitrogens is 2. The third-order valence-corrected chi connectivity index (χ3v) is 4.02. The molecule has 3 aromatic rings. The number of rotatable bonds is 4. The molecule has 2 heterocycles. The van der Waals surface area contributed by atoms with Gasteiger partial charge in [-0.05, 0) is 51.0 Å². The summed E-state index contributed by atoms with van der Waals surface area (Å²) in [6.07, 6.45) is 1.83. The summed E-state index contributed by atoms with van der Waals surface area (Å²) in [5.74, 6) is 0.500. The van der Waals surface area contributed by atoms with Crippen molar-refractivity contribution in [2.45, 2.75) is 27.7 Å². The number of ether oxygens (including phenoxy) is 1. The average Bonchev–Trinajstić information content (AvgIpc) is 2.88. The minimum atomic E-state index is -0.175. The highest BCUT2D eigenvalue weighted by Gasteiger charge is 2.19. The lowest BCUT2D eigenvalue weighted by Gasteiger charge is -2.12. The Morgan fingerprint density at radius 1 is 1.17 bits per heavy atom. The number of amides is 1. The third-order valence-electron chi connectivity index (χ3n) is 4.02. The Labute approximate surface area is 141 Å². The number of imidazole rings is 1. The van der Waals surface area contributed by atoms with Gasteiger partial charge in [-0.2, -0.15) is 0 Å². The Bertz CT molecular complexity index is 892. The van der Waals surface area contributed by atoms with Crippen LogP contribution in [0.1, 0.15) is 34.2 Å². The number of carbonyl (C=O) groups excluding carboxylic acids is 1. The molecule has 0 atom stereocenters. The molecule has 0 aliphatic carbocycles. The molecule has 0 aliphatic heterocycles. The summed E-state index contributed by atoms with van der Waals surface area (Å²) < 4.78 is 7.39. The Morgan fingerprint density at radius 2 is 1.88 bits per heavy atom. The van der Waals surface area contributed by atoms with E-state index in [1.54, 1.807) is 4.40 Å². The molecule has 5 heteroatoms. The quantitative estimate of drug-likeness (QED) is 0.792. The topological polar surface area (TPSA) is 55.6 Å². The number of nitrogens with one attached hydrogen (secondary N) is 1. The van der Waals surface area contributed by atoms with Crippen molar-refractivity contribution in [1.29, 1.82) is 0 Å². The van der Waals surface area contributed by atoms with E-state index < -0.39 is 0 Å². The first-order valence-electron chi connectivity index (χ1n) is 8.01. The van der Waals surface area contributed by atoms with Crippen LogP contribution in [-0.2, 0) is 0 Å². The van der Waals surface area contributed by atoms with Gasteiger partial charge in [-0.3, -0.25) is 9.20 Å². The van der Waals surface area contributed by atoms with Gasteiger partial charge in [0.1, 0.15) is 5.69 Å². The molecule has 0 spiro atoms. The monoisotopic (exact) mass is 323 g/mol. The molecule has 0 radical (unpaired) electrons. The summed E-state index contributed by atoms with van der Waals surface area (Å²) in [6, 6.07) is 9.66. The summed E-state index contributed by atoms with van der Waals surface area (Å²) >= 11 is 0. The Morgan fingerprint density at radius 3 is 2.54 bits per heavy atom.